The molecule has 0 spiro atoms. The molecule has 36 heavy (non-hydrogen) atoms. The quantitative estimate of drug-likeness (QED) is 0.467. The number of allylic oxidation sites excluding steroid dienone is 1. The monoisotopic (exact) mass is 507 g/mol. The summed E-state index contributed by atoms with van der Waals surface area (Å²) >= 11 is 6.07. The zero-order chi connectivity index (χ0) is 25.8. The number of nitrogens with one attached hydrogen (secondary N) is 1. The maximum absolute atomic E-state index is 12.4. The van der Waals surface area contributed by atoms with Gasteiger partial charge in [-0.1, -0.05) is 29.8 Å². The van der Waals surface area contributed by atoms with Gasteiger partial charge in [0, 0.05) is 23.7 Å². The number of halogens is 1. The van der Waals surface area contributed by atoms with Crippen LogP contribution in [-0.4, -0.2) is 47.8 Å². The topological polar surface area (TPSA) is 126 Å². The molecule has 2 aromatic carbocycles. The summed E-state index contributed by atoms with van der Waals surface area (Å²) < 4.78 is 17.0. The third-order valence-corrected chi connectivity index (χ3v) is 6.31. The van der Waals surface area contributed by atoms with Gasteiger partial charge in [-0.2, -0.15) is 5.26 Å². The molecule has 0 unspecified atom stereocenters. The van der Waals surface area contributed by atoms with Crippen LogP contribution in [0.15, 0.2) is 53.9 Å². The molecule has 1 amide bonds. The molecule has 9 nitrogen and oxygen atoms in total. The Kier molecular flexibility index (Phi) is 7.36. The molecule has 1 atom stereocenters. The maximum Gasteiger partial charge on any atom is 0.260 e. The number of aromatic amines is 1. The molecule has 0 radical (unpaired) electrons. The van der Waals surface area contributed by atoms with E-state index in [0.29, 0.717) is 40.9 Å². The fourth-order valence-electron chi connectivity index (χ4n) is 4.21. The van der Waals surface area contributed by atoms with Crippen LogP contribution in [0.4, 0.5) is 0 Å². The first-order valence-corrected chi connectivity index (χ1v) is 11.8. The summed E-state index contributed by atoms with van der Waals surface area (Å²) in [5, 5.41) is 17.9. The number of H-pyrrole nitrogens is 1. The summed E-state index contributed by atoms with van der Waals surface area (Å²) in [6, 6.07) is 14.7. The van der Waals surface area contributed by atoms with Crippen molar-refractivity contribution in [2.75, 3.05) is 26.8 Å². The lowest BCUT2D eigenvalue weighted by molar-refractivity contribution is -0.132. The van der Waals surface area contributed by atoms with Crippen molar-refractivity contribution in [3.8, 4) is 34.7 Å². The zero-order valence-corrected chi connectivity index (χ0v) is 20.9. The van der Waals surface area contributed by atoms with Gasteiger partial charge in [0.05, 0.1) is 24.3 Å². The van der Waals surface area contributed by atoms with Crippen LogP contribution in [0, 0.1) is 11.3 Å². The van der Waals surface area contributed by atoms with E-state index < -0.39 is 5.92 Å². The van der Waals surface area contributed by atoms with E-state index in [1.165, 1.54) is 7.11 Å². The minimum Gasteiger partial charge on any atom is -0.493 e. The molecule has 0 saturated heterocycles. The Morgan fingerprint density at radius 3 is 2.58 bits per heavy atom. The summed E-state index contributed by atoms with van der Waals surface area (Å²) in [7, 11) is 1.51. The van der Waals surface area contributed by atoms with Crippen LogP contribution in [0.25, 0.3) is 11.3 Å². The highest BCUT2D eigenvalue weighted by atomic mass is 35.5. The molecule has 0 saturated carbocycles. The molecule has 0 aliphatic carbocycles. The van der Waals surface area contributed by atoms with Crippen LogP contribution in [-0.2, 0) is 4.79 Å². The number of ether oxygens (including phenoxy) is 3. The predicted octanol–water partition coefficient (Wildman–Crippen LogP) is 4.20. The van der Waals surface area contributed by atoms with Crippen molar-refractivity contribution in [2.45, 2.75) is 19.8 Å². The van der Waals surface area contributed by atoms with Crippen LogP contribution in [0.1, 0.15) is 30.9 Å². The number of nitrogens with zero attached hydrogens (tertiary/aromatic N) is 3. The lowest BCUT2D eigenvalue weighted by atomic mass is 9.83. The molecule has 0 bridgehead atoms. The molecule has 1 aromatic heterocycles. The summed E-state index contributed by atoms with van der Waals surface area (Å²) in [4.78, 5) is 14.1. The van der Waals surface area contributed by atoms with Crippen molar-refractivity contribution in [2.24, 2.45) is 5.73 Å². The van der Waals surface area contributed by atoms with Gasteiger partial charge >= 0.3 is 0 Å². The standard InChI is InChI=1S/C26H26ClN5O4/c1-4-32(5-2)21(33)14-35-19-11-8-16(12-20(19)34-3)22-18(13-28)25(29)36-26-23(22)24(30-31-26)15-6-9-17(27)10-7-15/h6-12,22H,4-5,14,29H2,1-3H3,(H,30,31)/t22-/m1/s1. The number of benzene rings is 2. The molecule has 1 aliphatic heterocycles. The largest absolute Gasteiger partial charge is 0.493 e. The second-order valence-corrected chi connectivity index (χ2v) is 8.45. The normalized spacial score (nSPS) is 14.5. The summed E-state index contributed by atoms with van der Waals surface area (Å²) in [5.41, 5.74) is 9.22. The van der Waals surface area contributed by atoms with Gasteiger partial charge in [0.15, 0.2) is 18.1 Å². The van der Waals surface area contributed by atoms with E-state index in [9.17, 15) is 10.1 Å². The van der Waals surface area contributed by atoms with Crippen molar-refractivity contribution < 1.29 is 19.0 Å². The lowest BCUT2D eigenvalue weighted by Crippen LogP contribution is -2.34. The second kappa shape index (κ2) is 10.6. The first-order valence-electron chi connectivity index (χ1n) is 11.4. The van der Waals surface area contributed by atoms with Gasteiger partial charge in [0.1, 0.15) is 11.6 Å². The highest BCUT2D eigenvalue weighted by Crippen LogP contribution is 2.47. The minimum atomic E-state index is -0.580. The third kappa shape index (κ3) is 4.68. The molecule has 3 aromatic rings. The van der Waals surface area contributed by atoms with E-state index in [2.05, 4.69) is 16.3 Å². The number of carbonyl (C=O) groups is 1. The van der Waals surface area contributed by atoms with Crippen LogP contribution >= 0.6 is 11.6 Å². The van der Waals surface area contributed by atoms with Crippen LogP contribution < -0.4 is 19.9 Å². The van der Waals surface area contributed by atoms with Crippen molar-refractivity contribution in [3.05, 3.63) is 70.1 Å². The van der Waals surface area contributed by atoms with E-state index in [1.54, 1.807) is 29.2 Å². The second-order valence-electron chi connectivity index (χ2n) is 8.01. The lowest BCUT2D eigenvalue weighted by Gasteiger charge is -2.25. The van der Waals surface area contributed by atoms with E-state index in [1.807, 2.05) is 32.0 Å². The first-order chi connectivity index (χ1) is 17.4. The fraction of sp³-hybridized carbons (Fsp3) is 0.269. The number of methoxy groups -OCH3 is 1. The van der Waals surface area contributed by atoms with Gasteiger partial charge in [0.2, 0.25) is 11.8 Å². The van der Waals surface area contributed by atoms with E-state index in [-0.39, 0.29) is 29.9 Å². The number of fused-ring (bicyclic) bond motifs is 1. The molecule has 4 rings (SSSR count). The number of hydrogen-bond donors (Lipinski definition) is 2. The van der Waals surface area contributed by atoms with Gasteiger partial charge in [0.25, 0.3) is 5.91 Å². The molecule has 186 valence electrons. The van der Waals surface area contributed by atoms with Crippen LogP contribution in [0.5, 0.6) is 17.4 Å². The van der Waals surface area contributed by atoms with Crippen LogP contribution in [0.3, 0.4) is 0 Å². The van der Waals surface area contributed by atoms with Crippen LogP contribution in [0.2, 0.25) is 5.02 Å². The van der Waals surface area contributed by atoms with Gasteiger partial charge < -0.3 is 24.8 Å². The molecule has 0 fully saturated rings. The Balaban J connectivity index is 1.74. The summed E-state index contributed by atoms with van der Waals surface area (Å²) in [6.07, 6.45) is 0. The van der Waals surface area contributed by atoms with Crippen molar-refractivity contribution >= 4 is 17.5 Å². The van der Waals surface area contributed by atoms with Crippen molar-refractivity contribution in [3.63, 3.8) is 0 Å². The Morgan fingerprint density at radius 1 is 1.22 bits per heavy atom. The number of likely N-dealkylation sites (N-methyl/N-ethyl adjacent to an activating group) is 1. The average Bonchev–Trinajstić information content (AvgIpc) is 3.30. The van der Waals surface area contributed by atoms with E-state index in [4.69, 9.17) is 31.5 Å². The van der Waals surface area contributed by atoms with Gasteiger partial charge in [-0.05, 0) is 43.7 Å². The number of aromatic nitrogens is 2. The fourth-order valence-corrected chi connectivity index (χ4v) is 4.33. The maximum atomic E-state index is 12.4. The number of nitriles is 1. The molecule has 2 heterocycles. The predicted molar refractivity (Wildman–Crippen MR) is 135 cm³/mol. The molecular formula is C26H26ClN5O4. The number of carbonyl (C=O) groups excluding carboxylic acids is 1. The van der Waals surface area contributed by atoms with Gasteiger partial charge in [-0.15, -0.1) is 5.10 Å². The molecule has 10 heteroatoms. The minimum absolute atomic E-state index is 0.0201. The van der Waals surface area contributed by atoms with E-state index in [0.717, 1.165) is 11.1 Å². The van der Waals surface area contributed by atoms with Crippen molar-refractivity contribution in [1.82, 2.24) is 15.1 Å². The smallest absolute Gasteiger partial charge is 0.260 e. The van der Waals surface area contributed by atoms with E-state index >= 15 is 0 Å². The van der Waals surface area contributed by atoms with Gasteiger partial charge in [-0.3, -0.25) is 9.89 Å². The first kappa shape index (κ1) is 24.9. The highest BCUT2D eigenvalue weighted by molar-refractivity contribution is 6.30. The molecule has 3 N–H and O–H groups in total. The highest BCUT2D eigenvalue weighted by Gasteiger charge is 2.36. The molecular weight excluding hydrogens is 482 g/mol. The third-order valence-electron chi connectivity index (χ3n) is 6.06. The van der Waals surface area contributed by atoms with Gasteiger partial charge in [-0.25, -0.2) is 0 Å². The Labute approximate surface area is 214 Å². The Hall–Kier alpha value is -4.16. The Morgan fingerprint density at radius 2 is 1.94 bits per heavy atom. The SMILES string of the molecule is CCN(CC)C(=O)COc1ccc([C@@H]2C(C#N)=C(N)Oc3n[nH]c(-c4ccc(Cl)cc4)c32)cc1OC. The van der Waals surface area contributed by atoms with Crippen molar-refractivity contribution in [1.29, 1.82) is 5.26 Å². The average molecular weight is 508 g/mol. The summed E-state index contributed by atoms with van der Waals surface area (Å²) in [5.74, 6) is 0.394. The molecule has 1 aliphatic rings. The number of hydrogen-bond acceptors (Lipinski definition) is 7. The number of rotatable bonds is 8. The number of amides is 1. The number of nitrogens with two attached hydrogens (primary N) is 1. The summed E-state index contributed by atoms with van der Waals surface area (Å²) in [6.45, 7) is 4.92. The Bertz CT molecular complexity index is 1340. The zero-order valence-electron chi connectivity index (χ0n) is 20.2.